The van der Waals surface area contributed by atoms with Gasteiger partial charge in [-0.25, -0.2) is 0 Å². The van der Waals surface area contributed by atoms with E-state index in [2.05, 4.69) is 18.4 Å². The molecule has 0 bridgehead atoms. The van der Waals surface area contributed by atoms with E-state index in [0.717, 1.165) is 23.3 Å². The van der Waals surface area contributed by atoms with Crippen LogP contribution in [0.1, 0.15) is 32.8 Å². The zero-order valence-corrected chi connectivity index (χ0v) is 19.3. The molecular formula is C23H36O4S. The van der Waals surface area contributed by atoms with Crippen LogP contribution in [0.2, 0.25) is 0 Å². The topological polar surface area (TPSA) is 44.8 Å². The normalized spacial score (nSPS) is 8.89. The second-order valence-electron chi connectivity index (χ2n) is 5.71. The highest BCUT2D eigenvalue weighted by Crippen LogP contribution is 2.22. The van der Waals surface area contributed by atoms with Crippen molar-refractivity contribution in [1.29, 1.82) is 0 Å². The van der Waals surface area contributed by atoms with Gasteiger partial charge in [0.05, 0.1) is 20.3 Å². The smallest absolute Gasteiger partial charge is 0.122 e. The minimum atomic E-state index is 0.384. The van der Waals surface area contributed by atoms with Gasteiger partial charge in [0.25, 0.3) is 0 Å². The van der Waals surface area contributed by atoms with E-state index in [1.165, 1.54) is 4.90 Å². The van der Waals surface area contributed by atoms with E-state index < -0.39 is 0 Å². The quantitative estimate of drug-likeness (QED) is 0.445. The van der Waals surface area contributed by atoms with E-state index in [9.17, 15) is 4.79 Å². The molecule has 0 atom stereocenters. The molecule has 0 fully saturated rings. The van der Waals surface area contributed by atoms with Crippen LogP contribution in [0.15, 0.2) is 53.4 Å². The van der Waals surface area contributed by atoms with Crippen molar-refractivity contribution in [2.45, 2.75) is 45.1 Å². The van der Waals surface area contributed by atoms with Gasteiger partial charge in [-0.05, 0) is 62.9 Å². The van der Waals surface area contributed by atoms with Crippen LogP contribution in [0, 0.1) is 6.92 Å². The SMILES string of the molecule is CCC=O.COC(C)C.COc1ccc(OC)c(C)c1.CSc1ccccc1. The Morgan fingerprint density at radius 3 is 1.82 bits per heavy atom. The van der Waals surface area contributed by atoms with Gasteiger partial charge in [0.15, 0.2) is 0 Å². The Morgan fingerprint density at radius 2 is 1.54 bits per heavy atom. The fourth-order valence-corrected chi connectivity index (χ4v) is 1.96. The number of carbonyl (C=O) groups is 1. The summed E-state index contributed by atoms with van der Waals surface area (Å²) >= 11 is 1.77. The van der Waals surface area contributed by atoms with Crippen molar-refractivity contribution < 1.29 is 19.0 Å². The molecule has 0 saturated heterocycles. The van der Waals surface area contributed by atoms with Crippen molar-refractivity contribution in [3.05, 3.63) is 54.1 Å². The molecule has 2 aromatic rings. The number of hydrogen-bond donors (Lipinski definition) is 0. The van der Waals surface area contributed by atoms with Gasteiger partial charge in [-0.1, -0.05) is 25.1 Å². The molecule has 0 heterocycles. The van der Waals surface area contributed by atoms with E-state index in [4.69, 9.17) is 14.2 Å². The summed E-state index contributed by atoms with van der Waals surface area (Å²) in [6.07, 6.45) is 3.98. The van der Waals surface area contributed by atoms with E-state index in [1.54, 1.807) is 33.1 Å². The van der Waals surface area contributed by atoms with Crippen molar-refractivity contribution >= 4 is 18.0 Å². The molecule has 2 aromatic carbocycles. The molecular weight excluding hydrogens is 372 g/mol. The number of thioether (sulfide) groups is 1. The van der Waals surface area contributed by atoms with Crippen LogP contribution in [0.3, 0.4) is 0 Å². The maximum Gasteiger partial charge on any atom is 0.122 e. The van der Waals surface area contributed by atoms with Crippen LogP contribution >= 0.6 is 11.8 Å². The third-order valence-corrected chi connectivity index (χ3v) is 3.96. The monoisotopic (exact) mass is 408 g/mol. The first-order chi connectivity index (χ1) is 13.4. The number of methoxy groups -OCH3 is 3. The van der Waals surface area contributed by atoms with Crippen LogP contribution < -0.4 is 9.47 Å². The first-order valence-corrected chi connectivity index (χ1v) is 10.4. The maximum absolute atomic E-state index is 9.17. The Morgan fingerprint density at radius 1 is 1.00 bits per heavy atom. The van der Waals surface area contributed by atoms with Crippen molar-refractivity contribution in [2.75, 3.05) is 27.6 Å². The van der Waals surface area contributed by atoms with Crippen LogP contribution in [0.4, 0.5) is 0 Å². The lowest BCUT2D eigenvalue weighted by Gasteiger charge is -2.05. The van der Waals surface area contributed by atoms with E-state index in [1.807, 2.05) is 64.1 Å². The van der Waals surface area contributed by atoms with Crippen LogP contribution in [-0.4, -0.2) is 40.0 Å². The Bertz CT molecular complexity index is 601. The molecule has 5 heteroatoms. The molecule has 0 spiro atoms. The van der Waals surface area contributed by atoms with Gasteiger partial charge >= 0.3 is 0 Å². The van der Waals surface area contributed by atoms with Crippen molar-refractivity contribution in [3.8, 4) is 11.5 Å². The third kappa shape index (κ3) is 16.2. The van der Waals surface area contributed by atoms with Gasteiger partial charge in [-0.3, -0.25) is 0 Å². The first-order valence-electron chi connectivity index (χ1n) is 9.14. The molecule has 158 valence electrons. The van der Waals surface area contributed by atoms with E-state index in [0.29, 0.717) is 12.5 Å². The highest BCUT2D eigenvalue weighted by molar-refractivity contribution is 7.98. The standard InChI is InChI=1S/C9H12O2.C7H8S.C4H10O.C3H6O/c1-7-6-8(10-2)4-5-9(7)11-3;1-8-7-5-3-2-4-6-7;1-4(2)5-3;1-2-3-4/h4-6H,1-3H3;2-6H,1H3;4H,1-3H3;3H,2H2,1H3. The lowest BCUT2D eigenvalue weighted by Crippen LogP contribution is -1.94. The van der Waals surface area contributed by atoms with E-state index in [-0.39, 0.29) is 0 Å². The summed E-state index contributed by atoms with van der Waals surface area (Å²) < 4.78 is 14.9. The summed E-state index contributed by atoms with van der Waals surface area (Å²) in [5.74, 6) is 1.76. The van der Waals surface area contributed by atoms with Crippen LogP contribution in [0.5, 0.6) is 11.5 Å². The Kier molecular flexibility index (Phi) is 19.9. The van der Waals surface area contributed by atoms with Gasteiger partial charge in [0, 0.05) is 18.4 Å². The second-order valence-corrected chi connectivity index (χ2v) is 6.59. The average Bonchev–Trinajstić information content (AvgIpc) is 2.75. The first kappa shape index (κ1) is 28.2. The zero-order chi connectivity index (χ0) is 21.8. The molecule has 0 aliphatic carbocycles. The predicted octanol–water partition coefficient (Wildman–Crippen LogP) is 6.06. The van der Waals surface area contributed by atoms with Gasteiger partial charge in [-0.15, -0.1) is 11.8 Å². The fourth-order valence-electron chi connectivity index (χ4n) is 1.53. The molecule has 0 amide bonds. The molecule has 0 aliphatic rings. The number of carbonyl (C=O) groups excluding carboxylic acids is 1. The third-order valence-electron chi connectivity index (χ3n) is 3.22. The molecule has 0 unspecified atom stereocenters. The number of ether oxygens (including phenoxy) is 3. The molecule has 0 radical (unpaired) electrons. The number of aldehydes is 1. The highest BCUT2D eigenvalue weighted by Gasteiger charge is 1.97. The molecule has 0 saturated carbocycles. The lowest BCUT2D eigenvalue weighted by atomic mass is 10.2. The predicted molar refractivity (Wildman–Crippen MR) is 121 cm³/mol. The molecule has 28 heavy (non-hydrogen) atoms. The van der Waals surface area contributed by atoms with Gasteiger partial charge in [-0.2, -0.15) is 0 Å². The fraction of sp³-hybridized carbons (Fsp3) is 0.435. The largest absolute Gasteiger partial charge is 0.497 e. The number of rotatable bonds is 5. The van der Waals surface area contributed by atoms with Crippen molar-refractivity contribution in [2.24, 2.45) is 0 Å². The number of aryl methyl sites for hydroxylation is 1. The minimum absolute atomic E-state index is 0.384. The van der Waals surface area contributed by atoms with Crippen LogP contribution in [0.25, 0.3) is 0 Å². The summed E-state index contributed by atoms with van der Waals surface area (Å²) in [5, 5.41) is 0. The van der Waals surface area contributed by atoms with E-state index >= 15 is 0 Å². The van der Waals surface area contributed by atoms with Crippen molar-refractivity contribution in [1.82, 2.24) is 0 Å². The molecule has 0 aromatic heterocycles. The molecule has 0 aliphatic heterocycles. The Hall–Kier alpha value is -1.98. The van der Waals surface area contributed by atoms with Gasteiger partial charge in [0.2, 0.25) is 0 Å². The maximum atomic E-state index is 9.17. The van der Waals surface area contributed by atoms with Gasteiger partial charge < -0.3 is 19.0 Å². The summed E-state index contributed by atoms with van der Waals surface area (Å²) in [6, 6.07) is 16.0. The summed E-state index contributed by atoms with van der Waals surface area (Å²) in [7, 11) is 5.01. The summed E-state index contributed by atoms with van der Waals surface area (Å²) in [4.78, 5) is 10.5. The highest BCUT2D eigenvalue weighted by atomic mass is 32.2. The Labute approximate surface area is 175 Å². The summed E-state index contributed by atoms with van der Waals surface area (Å²) in [5.41, 5.74) is 1.09. The Balaban J connectivity index is 0. The van der Waals surface area contributed by atoms with Gasteiger partial charge in [0.1, 0.15) is 17.8 Å². The average molecular weight is 409 g/mol. The van der Waals surface area contributed by atoms with Crippen LogP contribution in [-0.2, 0) is 9.53 Å². The number of hydrogen-bond acceptors (Lipinski definition) is 5. The molecule has 0 N–H and O–H groups in total. The lowest BCUT2D eigenvalue weighted by molar-refractivity contribution is -0.107. The van der Waals surface area contributed by atoms with Crippen molar-refractivity contribution in [3.63, 3.8) is 0 Å². The molecule has 4 nitrogen and oxygen atoms in total. The molecule has 2 rings (SSSR count). The minimum Gasteiger partial charge on any atom is -0.497 e. The zero-order valence-electron chi connectivity index (χ0n) is 18.5. The number of benzene rings is 2. The summed E-state index contributed by atoms with van der Waals surface area (Å²) in [6.45, 7) is 7.80. The second kappa shape index (κ2) is 19.8.